The third-order valence-corrected chi connectivity index (χ3v) is 10.0. The molecule has 48 heavy (non-hydrogen) atoms. The van der Waals surface area contributed by atoms with Crippen LogP contribution in [0.4, 0.5) is 0 Å². The first kappa shape index (κ1) is 34.6. The van der Waals surface area contributed by atoms with Crippen LogP contribution < -0.4 is 14.8 Å². The predicted octanol–water partition coefficient (Wildman–Crippen LogP) is 4.09. The molecule has 5 rings (SSSR count). The van der Waals surface area contributed by atoms with Gasteiger partial charge in [0.05, 0.1) is 25.2 Å². The highest BCUT2D eigenvalue weighted by molar-refractivity contribution is 7.89. The van der Waals surface area contributed by atoms with Gasteiger partial charge in [-0.25, -0.2) is 8.42 Å². The van der Waals surface area contributed by atoms with Gasteiger partial charge >= 0.3 is 0 Å². The van der Waals surface area contributed by atoms with E-state index in [0.717, 1.165) is 16.7 Å². The van der Waals surface area contributed by atoms with Crippen LogP contribution >= 0.6 is 0 Å². The summed E-state index contributed by atoms with van der Waals surface area (Å²) in [7, 11) is -2.08. The summed E-state index contributed by atoms with van der Waals surface area (Å²) >= 11 is 0. The van der Waals surface area contributed by atoms with Crippen molar-refractivity contribution in [3.05, 3.63) is 126 Å². The maximum atomic E-state index is 14.0. The molecule has 4 aromatic rings. The van der Waals surface area contributed by atoms with Crippen LogP contribution in [0.2, 0.25) is 0 Å². The summed E-state index contributed by atoms with van der Waals surface area (Å²) in [6, 6.07) is 32.0. The van der Waals surface area contributed by atoms with E-state index in [-0.39, 0.29) is 24.0 Å². The van der Waals surface area contributed by atoms with E-state index < -0.39 is 22.0 Å². The van der Waals surface area contributed by atoms with E-state index in [1.807, 2.05) is 84.9 Å². The van der Waals surface area contributed by atoms with Crippen LogP contribution in [0.3, 0.4) is 0 Å². The molecule has 10 nitrogen and oxygen atoms in total. The zero-order valence-corrected chi connectivity index (χ0v) is 27.8. The fourth-order valence-electron chi connectivity index (χ4n) is 5.45. The maximum Gasteiger partial charge on any atom is 0.261 e. The Bertz CT molecular complexity index is 1710. The smallest absolute Gasteiger partial charge is 0.261 e. The first-order valence-corrected chi connectivity index (χ1v) is 17.4. The van der Waals surface area contributed by atoms with E-state index in [2.05, 4.69) is 5.32 Å². The Morgan fingerprint density at radius 2 is 1.42 bits per heavy atom. The molecule has 2 amide bonds. The lowest BCUT2D eigenvalue weighted by Crippen LogP contribution is -2.52. The van der Waals surface area contributed by atoms with Crippen molar-refractivity contribution in [2.75, 3.05) is 46.6 Å². The minimum absolute atomic E-state index is 0.138. The molecule has 1 atom stereocenters. The zero-order chi connectivity index (χ0) is 33.8. The highest BCUT2D eigenvalue weighted by Crippen LogP contribution is 2.22. The number of carbonyl (C=O) groups is 2. The van der Waals surface area contributed by atoms with Crippen LogP contribution in [0.5, 0.6) is 11.5 Å². The molecule has 1 saturated heterocycles. The summed E-state index contributed by atoms with van der Waals surface area (Å²) in [5.74, 6) is 0.350. The standard InChI is InChI=1S/C37H41N3O7S/c1-45-32-14-12-31(13-15-32)27-40(35(26-30-10-6-3-7-11-30)37(42)38-21-20-29-8-4-2-5-9-29)36(41)28-47-33-16-18-34(19-17-33)48(43,44)39-22-24-46-25-23-39/h2-19,35H,20-28H2,1H3,(H,38,42). The van der Waals surface area contributed by atoms with Crippen LogP contribution in [0.1, 0.15) is 16.7 Å². The number of ether oxygens (including phenoxy) is 3. The minimum atomic E-state index is -3.67. The molecule has 0 saturated carbocycles. The average molecular weight is 672 g/mol. The molecule has 1 aliphatic heterocycles. The fourth-order valence-corrected chi connectivity index (χ4v) is 6.85. The van der Waals surface area contributed by atoms with Gasteiger partial charge in [-0.3, -0.25) is 9.59 Å². The molecule has 252 valence electrons. The Hall–Kier alpha value is -4.71. The van der Waals surface area contributed by atoms with Crippen molar-refractivity contribution in [1.82, 2.24) is 14.5 Å². The van der Waals surface area contributed by atoms with Gasteiger partial charge < -0.3 is 24.4 Å². The van der Waals surface area contributed by atoms with E-state index in [1.54, 1.807) is 12.0 Å². The summed E-state index contributed by atoms with van der Waals surface area (Å²) in [6.45, 7) is 1.51. The largest absolute Gasteiger partial charge is 0.497 e. The number of nitrogens with zero attached hydrogens (tertiary/aromatic N) is 2. The second-order valence-corrected chi connectivity index (χ2v) is 13.3. The summed E-state index contributed by atoms with van der Waals surface area (Å²) in [6.07, 6.45) is 0.950. The number of benzene rings is 4. The molecule has 0 aromatic heterocycles. The highest BCUT2D eigenvalue weighted by atomic mass is 32.2. The number of sulfonamides is 1. The van der Waals surface area contributed by atoms with E-state index >= 15 is 0 Å². The molecule has 1 fully saturated rings. The molecule has 1 aliphatic rings. The van der Waals surface area contributed by atoms with Gasteiger partial charge in [0.2, 0.25) is 15.9 Å². The van der Waals surface area contributed by atoms with E-state index in [9.17, 15) is 18.0 Å². The first-order chi connectivity index (χ1) is 23.3. The molecule has 0 aliphatic carbocycles. The van der Waals surface area contributed by atoms with Crippen LogP contribution in [0, 0.1) is 0 Å². The molecule has 11 heteroatoms. The molecule has 1 N–H and O–H groups in total. The van der Waals surface area contributed by atoms with Crippen molar-refractivity contribution in [3.8, 4) is 11.5 Å². The maximum absolute atomic E-state index is 14.0. The van der Waals surface area contributed by atoms with Crippen LogP contribution in [0.15, 0.2) is 114 Å². The Kier molecular flexibility index (Phi) is 12.2. The molecular weight excluding hydrogens is 630 g/mol. The molecule has 0 spiro atoms. The van der Waals surface area contributed by atoms with Gasteiger partial charge in [-0.15, -0.1) is 0 Å². The van der Waals surface area contributed by atoms with Gasteiger partial charge in [0.1, 0.15) is 17.5 Å². The highest BCUT2D eigenvalue weighted by Gasteiger charge is 2.31. The van der Waals surface area contributed by atoms with Gasteiger partial charge in [-0.1, -0.05) is 72.8 Å². The number of methoxy groups -OCH3 is 1. The van der Waals surface area contributed by atoms with Crippen LogP contribution in [-0.2, 0) is 43.7 Å². The second kappa shape index (κ2) is 16.9. The van der Waals surface area contributed by atoms with Gasteiger partial charge in [-0.2, -0.15) is 4.31 Å². The molecular formula is C37H41N3O7S. The van der Waals surface area contributed by atoms with Crippen molar-refractivity contribution in [1.29, 1.82) is 0 Å². The topological polar surface area (TPSA) is 114 Å². The Morgan fingerprint density at radius 1 is 0.812 bits per heavy atom. The zero-order valence-electron chi connectivity index (χ0n) is 27.0. The van der Waals surface area contributed by atoms with Gasteiger partial charge in [0, 0.05) is 32.6 Å². The lowest BCUT2D eigenvalue weighted by Gasteiger charge is -2.31. The monoisotopic (exact) mass is 671 g/mol. The molecule has 0 radical (unpaired) electrons. The Morgan fingerprint density at radius 3 is 2.04 bits per heavy atom. The number of carbonyl (C=O) groups excluding carboxylic acids is 2. The summed E-state index contributed by atoms with van der Waals surface area (Å²) in [5, 5.41) is 3.05. The number of morpholine rings is 1. The molecule has 1 unspecified atom stereocenters. The van der Waals surface area contributed by atoms with E-state index in [1.165, 1.54) is 28.6 Å². The lowest BCUT2D eigenvalue weighted by atomic mass is 10.0. The van der Waals surface area contributed by atoms with Crippen molar-refractivity contribution in [2.45, 2.75) is 30.3 Å². The SMILES string of the molecule is COc1ccc(CN(C(=O)COc2ccc(S(=O)(=O)N3CCOCC3)cc2)C(Cc2ccccc2)C(=O)NCCc2ccccc2)cc1. The van der Waals surface area contributed by atoms with E-state index in [4.69, 9.17) is 14.2 Å². The van der Waals surface area contributed by atoms with Gasteiger partial charge in [-0.05, 0) is 59.5 Å². The summed E-state index contributed by atoms with van der Waals surface area (Å²) in [5.41, 5.74) is 2.82. The van der Waals surface area contributed by atoms with Crippen molar-refractivity contribution >= 4 is 21.8 Å². The van der Waals surface area contributed by atoms with Crippen molar-refractivity contribution in [3.63, 3.8) is 0 Å². The van der Waals surface area contributed by atoms with Gasteiger partial charge in [0.15, 0.2) is 6.61 Å². The average Bonchev–Trinajstić information content (AvgIpc) is 3.13. The van der Waals surface area contributed by atoms with E-state index in [0.29, 0.717) is 57.2 Å². The Balaban J connectivity index is 1.34. The van der Waals surface area contributed by atoms with Crippen LogP contribution in [-0.4, -0.2) is 82.0 Å². The number of amides is 2. The van der Waals surface area contributed by atoms with Crippen molar-refractivity contribution in [2.24, 2.45) is 0 Å². The lowest BCUT2D eigenvalue weighted by molar-refractivity contribution is -0.142. The molecule has 1 heterocycles. The number of hydrogen-bond donors (Lipinski definition) is 1. The quantitative estimate of drug-likeness (QED) is 0.203. The van der Waals surface area contributed by atoms with Crippen LogP contribution in [0.25, 0.3) is 0 Å². The predicted molar refractivity (Wildman–Crippen MR) is 182 cm³/mol. The van der Waals surface area contributed by atoms with Crippen molar-refractivity contribution < 1.29 is 32.2 Å². The Labute approximate surface area is 282 Å². The molecule has 0 bridgehead atoms. The minimum Gasteiger partial charge on any atom is -0.497 e. The third-order valence-electron chi connectivity index (χ3n) is 8.13. The number of hydrogen-bond acceptors (Lipinski definition) is 7. The summed E-state index contributed by atoms with van der Waals surface area (Å²) in [4.78, 5) is 29.5. The van der Waals surface area contributed by atoms with Gasteiger partial charge in [0.25, 0.3) is 5.91 Å². The number of rotatable bonds is 15. The second-order valence-electron chi connectivity index (χ2n) is 11.4. The summed E-state index contributed by atoms with van der Waals surface area (Å²) < 4.78 is 43.9. The fraction of sp³-hybridized carbons (Fsp3) is 0.297. The molecule has 4 aromatic carbocycles. The third kappa shape index (κ3) is 9.43. The normalized spacial score (nSPS) is 14.1. The number of nitrogens with one attached hydrogen (secondary N) is 1. The first-order valence-electron chi connectivity index (χ1n) is 15.9.